The highest BCUT2D eigenvalue weighted by Gasteiger charge is 1.78. The molecule has 1 heteroatoms. The Hall–Kier alpha value is -0.590. The third-order valence-electron chi connectivity index (χ3n) is 1.15. The van der Waals surface area contributed by atoms with Gasteiger partial charge in [-0.3, -0.25) is 4.99 Å². The van der Waals surface area contributed by atoms with Gasteiger partial charge in [0.2, 0.25) is 0 Å². The highest BCUT2D eigenvalue weighted by atomic mass is 14.7. The third kappa shape index (κ3) is 5.28. The molecule has 0 aliphatic heterocycles. The summed E-state index contributed by atoms with van der Waals surface area (Å²) < 4.78 is 0. The molecule has 9 heavy (non-hydrogen) atoms. The molecule has 0 spiro atoms. The van der Waals surface area contributed by atoms with Crippen molar-refractivity contribution in [3.8, 4) is 0 Å². The average Bonchev–Trinajstić information content (AvgIpc) is 1.89. The average molecular weight is 125 g/mol. The fourth-order valence-corrected chi connectivity index (χ4v) is 0.377. The Kier molecular flexibility index (Phi) is 5.18. The first-order valence-corrected chi connectivity index (χ1v) is 3.49. The maximum Gasteiger partial charge on any atom is 0.0227 e. The summed E-state index contributed by atoms with van der Waals surface area (Å²) in [6, 6.07) is 0. The van der Waals surface area contributed by atoms with E-state index >= 15 is 0 Å². The summed E-state index contributed by atoms with van der Waals surface area (Å²) in [5, 5.41) is 0. The summed E-state index contributed by atoms with van der Waals surface area (Å²) in [6.07, 6.45) is 6.05. The van der Waals surface area contributed by atoms with E-state index in [9.17, 15) is 0 Å². The first-order chi connectivity index (χ1) is 4.31. The van der Waals surface area contributed by atoms with Gasteiger partial charge in [-0.05, 0) is 19.8 Å². The Labute approximate surface area is 57.5 Å². The zero-order valence-corrected chi connectivity index (χ0v) is 6.52. The van der Waals surface area contributed by atoms with Crippen molar-refractivity contribution in [2.75, 3.05) is 0 Å². The van der Waals surface area contributed by atoms with Crippen molar-refractivity contribution in [3.05, 3.63) is 12.3 Å². The highest BCUT2D eigenvalue weighted by molar-refractivity contribution is 5.82. The van der Waals surface area contributed by atoms with E-state index in [4.69, 9.17) is 0 Å². The number of hydrogen-bond donors (Lipinski definition) is 0. The van der Waals surface area contributed by atoms with E-state index in [1.807, 2.05) is 13.1 Å². The van der Waals surface area contributed by atoms with Crippen LogP contribution in [0.3, 0.4) is 0 Å². The third-order valence-corrected chi connectivity index (χ3v) is 1.15. The first-order valence-electron chi connectivity index (χ1n) is 3.49. The van der Waals surface area contributed by atoms with Crippen molar-refractivity contribution < 1.29 is 0 Å². The van der Waals surface area contributed by atoms with Gasteiger partial charge in [0.05, 0.1) is 0 Å². The Morgan fingerprint density at radius 3 is 2.56 bits per heavy atom. The number of rotatable bonds is 3. The van der Waals surface area contributed by atoms with Crippen LogP contribution in [0.1, 0.15) is 33.6 Å². The van der Waals surface area contributed by atoms with Gasteiger partial charge in [0.25, 0.3) is 0 Å². The molecule has 0 bridgehead atoms. The summed E-state index contributed by atoms with van der Waals surface area (Å²) in [7, 11) is 0. The van der Waals surface area contributed by atoms with Gasteiger partial charge in [-0.25, -0.2) is 0 Å². The van der Waals surface area contributed by atoms with Crippen LogP contribution in [0.25, 0.3) is 0 Å². The van der Waals surface area contributed by atoms with Crippen LogP contribution in [0.2, 0.25) is 0 Å². The molecule has 0 saturated heterocycles. The van der Waals surface area contributed by atoms with Crippen molar-refractivity contribution in [2.45, 2.75) is 33.6 Å². The van der Waals surface area contributed by atoms with Crippen LogP contribution < -0.4 is 0 Å². The predicted octanol–water partition coefficient (Wildman–Crippen LogP) is 2.78. The van der Waals surface area contributed by atoms with Crippen LogP contribution in [0.5, 0.6) is 0 Å². The Morgan fingerprint density at radius 1 is 1.44 bits per heavy atom. The van der Waals surface area contributed by atoms with Crippen LogP contribution in [-0.4, -0.2) is 5.71 Å². The molecule has 0 radical (unpaired) electrons. The van der Waals surface area contributed by atoms with Gasteiger partial charge < -0.3 is 0 Å². The molecule has 0 atom stereocenters. The zero-order valence-electron chi connectivity index (χ0n) is 6.52. The topological polar surface area (TPSA) is 12.4 Å². The molecule has 0 aliphatic carbocycles. The normalized spacial score (nSPS) is 13.0. The first kappa shape index (κ1) is 8.41. The van der Waals surface area contributed by atoms with E-state index in [1.165, 1.54) is 5.71 Å². The Balaban J connectivity index is 3.55. The molecule has 0 saturated carbocycles. The van der Waals surface area contributed by atoms with Gasteiger partial charge in [-0.1, -0.05) is 19.9 Å². The quantitative estimate of drug-likeness (QED) is 0.514. The van der Waals surface area contributed by atoms with Crippen molar-refractivity contribution in [1.29, 1.82) is 0 Å². The predicted molar refractivity (Wildman–Crippen MR) is 42.8 cm³/mol. The number of allylic oxidation sites excluding steroid dienone is 1. The molecule has 0 aliphatic rings. The summed E-state index contributed by atoms with van der Waals surface area (Å²) in [4.78, 5) is 4.17. The summed E-state index contributed by atoms with van der Waals surface area (Å²) in [6.45, 7) is 6.26. The molecule has 0 aromatic carbocycles. The summed E-state index contributed by atoms with van der Waals surface area (Å²) in [5.74, 6) is 0. The van der Waals surface area contributed by atoms with Crippen LogP contribution in [-0.2, 0) is 0 Å². The van der Waals surface area contributed by atoms with E-state index in [0.29, 0.717) is 0 Å². The lowest BCUT2D eigenvalue weighted by Crippen LogP contribution is -1.83. The zero-order chi connectivity index (χ0) is 7.11. The number of nitrogens with zero attached hydrogens (tertiary/aromatic N) is 1. The van der Waals surface area contributed by atoms with Gasteiger partial charge >= 0.3 is 0 Å². The van der Waals surface area contributed by atoms with Gasteiger partial charge in [0.1, 0.15) is 0 Å². The largest absolute Gasteiger partial charge is 0.266 e. The SMILES string of the molecule is CCC=CN=C(C)CC. The Bertz CT molecular complexity index is 112. The second kappa shape index (κ2) is 5.54. The van der Waals surface area contributed by atoms with Crippen LogP contribution in [0.15, 0.2) is 17.3 Å². The molecule has 52 valence electrons. The molecule has 1 nitrogen and oxygen atoms in total. The van der Waals surface area contributed by atoms with E-state index in [0.717, 1.165) is 12.8 Å². The second-order valence-corrected chi connectivity index (χ2v) is 2.01. The van der Waals surface area contributed by atoms with Crippen LogP contribution >= 0.6 is 0 Å². The van der Waals surface area contributed by atoms with Crippen LogP contribution in [0.4, 0.5) is 0 Å². The molecule has 0 amide bonds. The molecular formula is C8H15N. The molecule has 0 rings (SSSR count). The molecule has 0 aromatic rings. The van der Waals surface area contributed by atoms with E-state index in [-0.39, 0.29) is 0 Å². The van der Waals surface area contributed by atoms with Crippen LogP contribution in [0, 0.1) is 0 Å². The monoisotopic (exact) mass is 125 g/mol. The lowest BCUT2D eigenvalue weighted by molar-refractivity contribution is 1.20. The molecule has 0 unspecified atom stereocenters. The van der Waals surface area contributed by atoms with Gasteiger partial charge in [-0.2, -0.15) is 0 Å². The van der Waals surface area contributed by atoms with E-state index in [2.05, 4.69) is 24.9 Å². The lowest BCUT2D eigenvalue weighted by atomic mass is 10.3. The minimum Gasteiger partial charge on any atom is -0.266 e. The second-order valence-electron chi connectivity index (χ2n) is 2.01. The molecular weight excluding hydrogens is 110 g/mol. The van der Waals surface area contributed by atoms with Gasteiger partial charge in [-0.15, -0.1) is 0 Å². The fraction of sp³-hybridized carbons (Fsp3) is 0.625. The smallest absolute Gasteiger partial charge is 0.0227 e. The fourth-order valence-electron chi connectivity index (χ4n) is 0.377. The van der Waals surface area contributed by atoms with Crippen molar-refractivity contribution in [1.82, 2.24) is 0 Å². The van der Waals surface area contributed by atoms with Gasteiger partial charge in [0, 0.05) is 11.9 Å². The molecule has 0 fully saturated rings. The van der Waals surface area contributed by atoms with Crippen molar-refractivity contribution in [2.24, 2.45) is 4.99 Å². The summed E-state index contributed by atoms with van der Waals surface area (Å²) >= 11 is 0. The Morgan fingerprint density at radius 2 is 2.11 bits per heavy atom. The molecule has 0 N–H and O–H groups in total. The molecule has 0 aromatic heterocycles. The maximum atomic E-state index is 4.17. The maximum absolute atomic E-state index is 4.17. The lowest BCUT2D eigenvalue weighted by Gasteiger charge is -1.87. The minimum atomic E-state index is 1.05. The number of hydrogen-bond acceptors (Lipinski definition) is 1. The minimum absolute atomic E-state index is 1.05. The van der Waals surface area contributed by atoms with E-state index in [1.54, 1.807) is 0 Å². The van der Waals surface area contributed by atoms with Gasteiger partial charge in [0.15, 0.2) is 0 Å². The standard InChI is InChI=1S/C8H15N/c1-4-6-7-9-8(3)5-2/h6-7H,4-5H2,1-3H3. The summed E-state index contributed by atoms with van der Waals surface area (Å²) in [5.41, 5.74) is 1.19. The highest BCUT2D eigenvalue weighted by Crippen LogP contribution is 1.86. The molecule has 0 heterocycles. The van der Waals surface area contributed by atoms with Crippen molar-refractivity contribution >= 4 is 5.71 Å². The van der Waals surface area contributed by atoms with E-state index < -0.39 is 0 Å². The van der Waals surface area contributed by atoms with Crippen molar-refractivity contribution in [3.63, 3.8) is 0 Å². The number of aliphatic imine (C=N–C) groups is 1.